The average molecular weight is 380 g/mol. The third-order valence-electron chi connectivity index (χ3n) is 5.49. The number of rotatable bonds is 5. The van der Waals surface area contributed by atoms with Gasteiger partial charge in [-0.05, 0) is 44.4 Å². The molecule has 2 aromatic carbocycles. The summed E-state index contributed by atoms with van der Waals surface area (Å²) < 4.78 is 5.39. The van der Waals surface area contributed by atoms with Gasteiger partial charge >= 0.3 is 0 Å². The number of methoxy groups -OCH3 is 1. The van der Waals surface area contributed by atoms with Crippen molar-refractivity contribution in [3.63, 3.8) is 0 Å². The van der Waals surface area contributed by atoms with Crippen LogP contribution in [0.4, 0.5) is 0 Å². The van der Waals surface area contributed by atoms with E-state index in [9.17, 15) is 9.59 Å². The second kappa shape index (κ2) is 8.91. The molecule has 0 spiro atoms. The van der Waals surface area contributed by atoms with Gasteiger partial charge in [0.25, 0.3) is 5.91 Å². The number of carbonyl (C=O) groups excluding carboxylic acids is 2. The van der Waals surface area contributed by atoms with Gasteiger partial charge < -0.3 is 15.0 Å². The number of hydrogen-bond donors (Lipinski definition) is 1. The van der Waals surface area contributed by atoms with E-state index in [-0.39, 0.29) is 23.8 Å². The van der Waals surface area contributed by atoms with E-state index in [1.165, 1.54) is 0 Å². The Kier molecular flexibility index (Phi) is 6.34. The summed E-state index contributed by atoms with van der Waals surface area (Å²) in [5.74, 6) is 0.799. The molecular weight excluding hydrogens is 352 g/mol. The Hall–Kier alpha value is -2.82. The highest BCUT2D eigenvalue weighted by Crippen LogP contribution is 2.26. The van der Waals surface area contributed by atoms with Gasteiger partial charge in [0, 0.05) is 30.1 Å². The summed E-state index contributed by atoms with van der Waals surface area (Å²) in [5, 5.41) is 3.10. The van der Waals surface area contributed by atoms with Gasteiger partial charge in [-0.25, -0.2) is 0 Å². The summed E-state index contributed by atoms with van der Waals surface area (Å²) >= 11 is 0. The Labute approximate surface area is 166 Å². The number of benzene rings is 2. The van der Waals surface area contributed by atoms with Crippen LogP contribution in [0.1, 0.15) is 47.3 Å². The van der Waals surface area contributed by atoms with Gasteiger partial charge in [-0.1, -0.05) is 36.4 Å². The van der Waals surface area contributed by atoms with Crippen LogP contribution in [-0.4, -0.2) is 36.9 Å². The molecule has 5 nitrogen and oxygen atoms in total. The first-order valence-corrected chi connectivity index (χ1v) is 9.79. The van der Waals surface area contributed by atoms with Crippen molar-refractivity contribution in [1.82, 2.24) is 10.2 Å². The molecule has 0 aromatic heterocycles. The molecule has 0 aliphatic carbocycles. The number of ether oxygens (including phenoxy) is 1. The van der Waals surface area contributed by atoms with Crippen LogP contribution in [0.5, 0.6) is 5.75 Å². The van der Waals surface area contributed by atoms with Crippen LogP contribution in [0.2, 0.25) is 0 Å². The minimum absolute atomic E-state index is 0.0430. The lowest BCUT2D eigenvalue weighted by molar-refractivity contribution is -0.127. The minimum Gasteiger partial charge on any atom is -0.496 e. The first-order chi connectivity index (χ1) is 13.5. The van der Waals surface area contributed by atoms with Gasteiger partial charge in [0.15, 0.2) is 0 Å². The normalized spacial score (nSPS) is 15.8. The Morgan fingerprint density at radius 1 is 1.07 bits per heavy atom. The van der Waals surface area contributed by atoms with E-state index >= 15 is 0 Å². The number of hydrogen-bond acceptors (Lipinski definition) is 3. The number of likely N-dealkylation sites (tertiary alicyclic amines) is 1. The van der Waals surface area contributed by atoms with E-state index in [0.29, 0.717) is 25.9 Å². The quantitative estimate of drug-likeness (QED) is 0.860. The van der Waals surface area contributed by atoms with E-state index in [1.54, 1.807) is 7.11 Å². The van der Waals surface area contributed by atoms with Crippen LogP contribution in [0.3, 0.4) is 0 Å². The monoisotopic (exact) mass is 380 g/mol. The van der Waals surface area contributed by atoms with Gasteiger partial charge in [0.1, 0.15) is 5.75 Å². The number of piperidine rings is 1. The van der Waals surface area contributed by atoms with Crippen LogP contribution in [0, 0.1) is 12.8 Å². The predicted molar refractivity (Wildman–Crippen MR) is 109 cm³/mol. The van der Waals surface area contributed by atoms with Crippen LogP contribution in [0.25, 0.3) is 0 Å². The summed E-state index contributed by atoms with van der Waals surface area (Å²) in [6, 6.07) is 15.2. The first-order valence-electron chi connectivity index (χ1n) is 9.79. The third kappa shape index (κ3) is 4.35. The maximum Gasteiger partial charge on any atom is 0.254 e. The lowest BCUT2D eigenvalue weighted by atomic mass is 9.94. The van der Waals surface area contributed by atoms with Crippen LogP contribution in [-0.2, 0) is 4.79 Å². The third-order valence-corrected chi connectivity index (χ3v) is 5.49. The average Bonchev–Trinajstić information content (AvgIpc) is 2.73. The number of nitrogens with zero attached hydrogens (tertiary/aromatic N) is 1. The molecule has 0 bridgehead atoms. The molecule has 28 heavy (non-hydrogen) atoms. The number of aryl methyl sites for hydroxylation is 1. The zero-order valence-corrected chi connectivity index (χ0v) is 16.8. The van der Waals surface area contributed by atoms with Gasteiger partial charge in [0.2, 0.25) is 5.91 Å². The summed E-state index contributed by atoms with van der Waals surface area (Å²) in [4.78, 5) is 27.3. The van der Waals surface area contributed by atoms with Crippen LogP contribution >= 0.6 is 0 Å². The fourth-order valence-electron chi connectivity index (χ4n) is 3.76. The molecule has 1 fully saturated rings. The molecule has 2 aromatic rings. The predicted octanol–water partition coefficient (Wildman–Crippen LogP) is 3.73. The molecule has 0 saturated carbocycles. The molecule has 1 aliphatic heterocycles. The lowest BCUT2D eigenvalue weighted by Gasteiger charge is -2.32. The fraction of sp³-hybridized carbons (Fsp3) is 0.391. The minimum atomic E-state index is -0.129. The molecular formula is C23H28N2O3. The highest BCUT2D eigenvalue weighted by atomic mass is 16.5. The molecule has 1 unspecified atom stereocenters. The highest BCUT2D eigenvalue weighted by Gasteiger charge is 2.29. The topological polar surface area (TPSA) is 58.6 Å². The number of amides is 2. The molecule has 0 radical (unpaired) electrons. The molecule has 3 rings (SSSR count). The van der Waals surface area contributed by atoms with Crippen LogP contribution in [0.15, 0.2) is 48.5 Å². The number of para-hydroxylation sites is 1. The van der Waals surface area contributed by atoms with E-state index in [1.807, 2.05) is 67.3 Å². The molecule has 1 N–H and O–H groups in total. The zero-order valence-electron chi connectivity index (χ0n) is 16.8. The summed E-state index contributed by atoms with van der Waals surface area (Å²) in [6.07, 6.45) is 1.37. The Bertz CT molecular complexity index is 841. The molecule has 1 heterocycles. The maximum absolute atomic E-state index is 12.7. The molecule has 5 heteroatoms. The number of carbonyl (C=O) groups is 2. The zero-order chi connectivity index (χ0) is 20.1. The molecule has 2 amide bonds. The maximum atomic E-state index is 12.7. The van der Waals surface area contributed by atoms with Crippen molar-refractivity contribution in [1.29, 1.82) is 0 Å². The van der Waals surface area contributed by atoms with Crippen LogP contribution < -0.4 is 10.1 Å². The molecule has 1 aliphatic rings. The fourth-order valence-corrected chi connectivity index (χ4v) is 3.76. The second-order valence-electron chi connectivity index (χ2n) is 7.35. The van der Waals surface area contributed by atoms with Crippen molar-refractivity contribution >= 4 is 11.8 Å². The van der Waals surface area contributed by atoms with E-state index in [0.717, 1.165) is 22.4 Å². The van der Waals surface area contributed by atoms with E-state index < -0.39 is 0 Å². The molecule has 148 valence electrons. The van der Waals surface area contributed by atoms with Gasteiger partial charge in [-0.2, -0.15) is 0 Å². The standard InChI is InChI=1S/C23H28N2O3/c1-16-8-4-5-9-19(16)23(27)25-14-12-18(13-15-25)22(26)24-17(2)20-10-6-7-11-21(20)28-3/h4-11,17-18H,12-15H2,1-3H3,(H,24,26). The number of nitrogens with one attached hydrogen (secondary N) is 1. The van der Waals surface area contributed by atoms with Gasteiger partial charge in [-0.3, -0.25) is 9.59 Å². The SMILES string of the molecule is COc1ccccc1C(C)NC(=O)C1CCN(C(=O)c2ccccc2C)CC1. The smallest absolute Gasteiger partial charge is 0.254 e. The van der Waals surface area contributed by atoms with Crippen molar-refractivity contribution in [2.75, 3.05) is 20.2 Å². The van der Waals surface area contributed by atoms with Crippen molar-refractivity contribution in [3.05, 3.63) is 65.2 Å². The summed E-state index contributed by atoms with van der Waals surface area (Å²) in [5.41, 5.74) is 2.69. The second-order valence-corrected chi connectivity index (χ2v) is 7.35. The highest BCUT2D eigenvalue weighted by molar-refractivity contribution is 5.95. The van der Waals surface area contributed by atoms with Crippen molar-refractivity contribution in [2.45, 2.75) is 32.7 Å². The largest absolute Gasteiger partial charge is 0.496 e. The van der Waals surface area contributed by atoms with Crippen molar-refractivity contribution in [3.8, 4) is 5.75 Å². The lowest BCUT2D eigenvalue weighted by Crippen LogP contribution is -2.43. The van der Waals surface area contributed by atoms with Crippen molar-refractivity contribution in [2.24, 2.45) is 5.92 Å². The van der Waals surface area contributed by atoms with E-state index in [4.69, 9.17) is 4.74 Å². The molecule has 1 saturated heterocycles. The Balaban J connectivity index is 1.56. The van der Waals surface area contributed by atoms with E-state index in [2.05, 4.69) is 5.32 Å². The van der Waals surface area contributed by atoms with Gasteiger partial charge in [-0.15, -0.1) is 0 Å². The summed E-state index contributed by atoms with van der Waals surface area (Å²) in [7, 11) is 1.63. The van der Waals surface area contributed by atoms with Gasteiger partial charge in [0.05, 0.1) is 13.2 Å². The summed E-state index contributed by atoms with van der Waals surface area (Å²) in [6.45, 7) is 5.13. The molecule has 1 atom stereocenters. The van der Waals surface area contributed by atoms with Crippen molar-refractivity contribution < 1.29 is 14.3 Å². The Morgan fingerprint density at radius 3 is 2.39 bits per heavy atom. The Morgan fingerprint density at radius 2 is 1.71 bits per heavy atom. The first kappa shape index (κ1) is 19.9.